The molecule has 2 rings (SSSR count). The Bertz CT molecular complexity index is 615. The van der Waals surface area contributed by atoms with Crippen LogP contribution in [0.2, 0.25) is 0 Å². The zero-order chi connectivity index (χ0) is 16.7. The molecule has 0 radical (unpaired) electrons. The lowest BCUT2D eigenvalue weighted by Gasteiger charge is -2.14. The van der Waals surface area contributed by atoms with E-state index in [9.17, 15) is 4.79 Å². The molecule has 1 N–H and O–H groups in total. The molecular weight excluding hydrogens is 288 g/mol. The first-order valence-electron chi connectivity index (χ1n) is 8.37. The number of rotatable bonds is 8. The van der Waals surface area contributed by atoms with Crippen LogP contribution in [-0.4, -0.2) is 20.7 Å². The van der Waals surface area contributed by atoms with Crippen LogP contribution >= 0.6 is 0 Å². The highest BCUT2D eigenvalue weighted by Crippen LogP contribution is 2.17. The van der Waals surface area contributed by atoms with Gasteiger partial charge < -0.3 is 5.32 Å². The van der Waals surface area contributed by atoms with Crippen LogP contribution in [0.3, 0.4) is 0 Å². The Hall–Kier alpha value is -2.17. The molecule has 0 aliphatic heterocycles. The van der Waals surface area contributed by atoms with E-state index >= 15 is 0 Å². The first-order chi connectivity index (χ1) is 11.2. The van der Waals surface area contributed by atoms with Crippen LogP contribution in [0.1, 0.15) is 45.2 Å². The van der Waals surface area contributed by atoms with Crippen LogP contribution in [0.15, 0.2) is 30.5 Å². The highest BCUT2D eigenvalue weighted by Gasteiger charge is 2.17. The molecule has 5 heteroatoms. The van der Waals surface area contributed by atoms with E-state index in [-0.39, 0.29) is 11.8 Å². The van der Waals surface area contributed by atoms with E-state index in [4.69, 9.17) is 0 Å². The molecule has 0 unspecified atom stereocenters. The summed E-state index contributed by atoms with van der Waals surface area (Å²) in [6.07, 6.45) is 5.73. The van der Waals surface area contributed by atoms with Crippen molar-refractivity contribution in [2.24, 2.45) is 13.0 Å². The van der Waals surface area contributed by atoms with E-state index in [1.54, 1.807) is 10.9 Å². The van der Waals surface area contributed by atoms with Crippen LogP contribution in [0, 0.1) is 5.92 Å². The molecule has 124 valence electrons. The van der Waals surface area contributed by atoms with Crippen molar-refractivity contribution < 1.29 is 4.79 Å². The number of aromatic nitrogens is 3. The number of nitrogens with one attached hydrogen (secondary N) is 1. The molecule has 0 saturated carbocycles. The number of carbonyl (C=O) groups excluding carboxylic acids is 1. The predicted octanol–water partition coefficient (Wildman–Crippen LogP) is 3.31. The van der Waals surface area contributed by atoms with E-state index in [0.717, 1.165) is 42.8 Å². The number of pyridine rings is 1. The average Bonchev–Trinajstić information content (AvgIpc) is 2.94. The Kier molecular flexibility index (Phi) is 6.32. The minimum Gasteiger partial charge on any atom is -0.350 e. The zero-order valence-corrected chi connectivity index (χ0v) is 14.2. The smallest absolute Gasteiger partial charge is 0.223 e. The van der Waals surface area contributed by atoms with Crippen molar-refractivity contribution >= 4 is 5.91 Å². The summed E-state index contributed by atoms with van der Waals surface area (Å²) in [6.45, 7) is 4.70. The molecule has 2 heterocycles. The Balaban J connectivity index is 2.00. The summed E-state index contributed by atoms with van der Waals surface area (Å²) >= 11 is 0. The summed E-state index contributed by atoms with van der Waals surface area (Å²) in [7, 11) is 1.90. The number of carbonyl (C=O) groups is 1. The third kappa shape index (κ3) is 4.65. The van der Waals surface area contributed by atoms with Crippen molar-refractivity contribution in [1.82, 2.24) is 20.1 Å². The van der Waals surface area contributed by atoms with Gasteiger partial charge in [0.2, 0.25) is 5.91 Å². The topological polar surface area (TPSA) is 59.8 Å². The fourth-order valence-electron chi connectivity index (χ4n) is 2.79. The molecule has 0 aliphatic rings. The largest absolute Gasteiger partial charge is 0.350 e. The van der Waals surface area contributed by atoms with Gasteiger partial charge in [-0.3, -0.25) is 14.5 Å². The molecule has 5 nitrogen and oxygen atoms in total. The SMILES string of the molecule is CCCC(CCC)C(=O)NCc1cc(-c2ccccn2)n(C)n1. The molecule has 0 spiro atoms. The first kappa shape index (κ1) is 17.2. The van der Waals surface area contributed by atoms with E-state index in [2.05, 4.69) is 29.2 Å². The molecule has 2 aromatic rings. The lowest BCUT2D eigenvalue weighted by molar-refractivity contribution is -0.125. The lowest BCUT2D eigenvalue weighted by Crippen LogP contribution is -2.30. The van der Waals surface area contributed by atoms with E-state index in [1.807, 2.05) is 31.3 Å². The number of amides is 1. The van der Waals surface area contributed by atoms with Gasteiger partial charge in [0, 0.05) is 19.2 Å². The van der Waals surface area contributed by atoms with E-state index in [0.29, 0.717) is 6.54 Å². The molecular formula is C18H26N4O. The first-order valence-corrected chi connectivity index (χ1v) is 8.37. The molecule has 1 amide bonds. The summed E-state index contributed by atoms with van der Waals surface area (Å²) in [6, 6.07) is 7.79. The third-order valence-electron chi connectivity index (χ3n) is 3.95. The number of nitrogens with zero attached hydrogens (tertiary/aromatic N) is 3. The Labute approximate surface area is 138 Å². The van der Waals surface area contributed by atoms with E-state index in [1.165, 1.54) is 0 Å². The summed E-state index contributed by atoms with van der Waals surface area (Å²) in [5.74, 6) is 0.253. The second-order valence-corrected chi connectivity index (χ2v) is 5.85. The Morgan fingerprint density at radius 3 is 2.61 bits per heavy atom. The second kappa shape index (κ2) is 8.46. The average molecular weight is 314 g/mol. The molecule has 23 heavy (non-hydrogen) atoms. The van der Waals surface area contributed by atoms with Gasteiger partial charge in [-0.15, -0.1) is 0 Å². The summed E-state index contributed by atoms with van der Waals surface area (Å²) in [5, 5.41) is 7.50. The van der Waals surface area contributed by atoms with Crippen LogP contribution in [0.5, 0.6) is 0 Å². The molecule has 2 aromatic heterocycles. The molecule has 0 fully saturated rings. The summed E-state index contributed by atoms with van der Waals surface area (Å²) in [5.41, 5.74) is 2.69. The Morgan fingerprint density at radius 2 is 2.00 bits per heavy atom. The summed E-state index contributed by atoms with van der Waals surface area (Å²) in [4.78, 5) is 16.6. The monoisotopic (exact) mass is 314 g/mol. The molecule has 0 saturated heterocycles. The van der Waals surface area contributed by atoms with Gasteiger partial charge in [-0.1, -0.05) is 32.8 Å². The third-order valence-corrected chi connectivity index (χ3v) is 3.95. The van der Waals surface area contributed by atoms with Crippen LogP contribution < -0.4 is 5.32 Å². The summed E-state index contributed by atoms with van der Waals surface area (Å²) < 4.78 is 1.80. The lowest BCUT2D eigenvalue weighted by atomic mass is 9.97. The van der Waals surface area contributed by atoms with Gasteiger partial charge in [-0.05, 0) is 31.0 Å². The van der Waals surface area contributed by atoms with Crippen LogP contribution in [-0.2, 0) is 18.4 Å². The van der Waals surface area contributed by atoms with Gasteiger partial charge in [-0.25, -0.2) is 0 Å². The number of aryl methyl sites for hydroxylation is 1. The van der Waals surface area contributed by atoms with Crippen molar-refractivity contribution in [2.45, 2.75) is 46.1 Å². The molecule has 0 bridgehead atoms. The minimum atomic E-state index is 0.115. The van der Waals surface area contributed by atoms with Crippen molar-refractivity contribution in [1.29, 1.82) is 0 Å². The molecule has 0 aromatic carbocycles. The molecule has 0 aliphatic carbocycles. The normalized spacial score (nSPS) is 11.0. The minimum absolute atomic E-state index is 0.115. The van der Waals surface area contributed by atoms with Crippen molar-refractivity contribution in [3.05, 3.63) is 36.2 Å². The van der Waals surface area contributed by atoms with Gasteiger partial charge in [0.1, 0.15) is 0 Å². The van der Waals surface area contributed by atoms with Gasteiger partial charge >= 0.3 is 0 Å². The van der Waals surface area contributed by atoms with Gasteiger partial charge in [0.25, 0.3) is 0 Å². The zero-order valence-electron chi connectivity index (χ0n) is 14.2. The number of hydrogen-bond donors (Lipinski definition) is 1. The quantitative estimate of drug-likeness (QED) is 0.813. The van der Waals surface area contributed by atoms with Crippen LogP contribution in [0.4, 0.5) is 0 Å². The predicted molar refractivity (Wildman–Crippen MR) is 91.6 cm³/mol. The maximum absolute atomic E-state index is 12.3. The van der Waals surface area contributed by atoms with E-state index < -0.39 is 0 Å². The maximum atomic E-state index is 12.3. The van der Waals surface area contributed by atoms with Crippen molar-refractivity contribution in [3.63, 3.8) is 0 Å². The highest BCUT2D eigenvalue weighted by atomic mass is 16.1. The fraction of sp³-hybridized carbons (Fsp3) is 0.500. The maximum Gasteiger partial charge on any atom is 0.223 e. The standard InChI is InChI=1S/C18H26N4O/c1-4-8-14(9-5-2)18(23)20-13-15-12-17(22(3)21-15)16-10-6-7-11-19-16/h6-7,10-12,14H,4-5,8-9,13H2,1-3H3,(H,20,23). The van der Waals surface area contributed by atoms with Crippen molar-refractivity contribution in [2.75, 3.05) is 0 Å². The van der Waals surface area contributed by atoms with Gasteiger partial charge in [-0.2, -0.15) is 5.10 Å². The number of hydrogen-bond acceptors (Lipinski definition) is 3. The second-order valence-electron chi connectivity index (χ2n) is 5.85. The Morgan fingerprint density at radius 1 is 1.26 bits per heavy atom. The van der Waals surface area contributed by atoms with Gasteiger partial charge in [0.05, 0.1) is 23.6 Å². The van der Waals surface area contributed by atoms with Crippen LogP contribution in [0.25, 0.3) is 11.4 Å². The van der Waals surface area contributed by atoms with Crippen molar-refractivity contribution in [3.8, 4) is 11.4 Å². The molecule has 0 atom stereocenters. The van der Waals surface area contributed by atoms with Gasteiger partial charge in [0.15, 0.2) is 0 Å². The highest BCUT2D eigenvalue weighted by molar-refractivity contribution is 5.78. The fourth-order valence-corrected chi connectivity index (χ4v) is 2.79.